The van der Waals surface area contributed by atoms with Gasteiger partial charge in [-0.3, -0.25) is 4.79 Å². The van der Waals surface area contributed by atoms with Crippen LogP contribution in [0, 0.1) is 0 Å². The number of hydrogen-bond acceptors (Lipinski definition) is 4. The Labute approximate surface area is 158 Å². The molecule has 0 radical (unpaired) electrons. The maximum absolute atomic E-state index is 12.3. The Kier molecular flexibility index (Phi) is 5.94. The van der Waals surface area contributed by atoms with E-state index in [4.69, 9.17) is 14.2 Å². The zero-order valence-electron chi connectivity index (χ0n) is 15.2. The summed E-state index contributed by atoms with van der Waals surface area (Å²) in [4.78, 5) is 12.3. The highest BCUT2D eigenvalue weighted by molar-refractivity contribution is 5.94. The molecule has 3 aromatic rings. The van der Waals surface area contributed by atoms with Crippen molar-refractivity contribution in [3.05, 3.63) is 78.9 Å². The molecule has 1 amide bonds. The summed E-state index contributed by atoms with van der Waals surface area (Å²) in [5.74, 6) is 2.56. The number of rotatable bonds is 7. The largest absolute Gasteiger partial charge is 0.497 e. The van der Waals surface area contributed by atoms with Crippen molar-refractivity contribution in [1.29, 1.82) is 0 Å². The number of benzene rings is 3. The van der Waals surface area contributed by atoms with Gasteiger partial charge in [-0.25, -0.2) is 0 Å². The lowest BCUT2D eigenvalue weighted by molar-refractivity contribution is -0.122. The molecule has 1 N–H and O–H groups in total. The van der Waals surface area contributed by atoms with Gasteiger partial charge in [-0.1, -0.05) is 18.2 Å². The van der Waals surface area contributed by atoms with Gasteiger partial charge in [-0.2, -0.15) is 0 Å². The zero-order chi connectivity index (χ0) is 19.1. The number of carbonyl (C=O) groups excluding carboxylic acids is 1. The molecule has 3 rings (SSSR count). The summed E-state index contributed by atoms with van der Waals surface area (Å²) in [6, 6.07) is 23.8. The molecular weight excluding hydrogens is 342 g/mol. The molecule has 138 valence electrons. The van der Waals surface area contributed by atoms with Gasteiger partial charge in [0.1, 0.15) is 23.0 Å². The molecule has 1 atom stereocenters. The molecule has 5 nitrogen and oxygen atoms in total. The average molecular weight is 363 g/mol. The lowest BCUT2D eigenvalue weighted by atomic mass is 10.2. The van der Waals surface area contributed by atoms with Crippen LogP contribution in [0.2, 0.25) is 0 Å². The van der Waals surface area contributed by atoms with Crippen LogP contribution in [0.4, 0.5) is 5.69 Å². The Morgan fingerprint density at radius 2 is 1.33 bits per heavy atom. The quantitative estimate of drug-likeness (QED) is 0.649. The van der Waals surface area contributed by atoms with E-state index in [1.165, 1.54) is 0 Å². The number of methoxy groups -OCH3 is 1. The normalized spacial score (nSPS) is 11.3. The third-order valence-corrected chi connectivity index (χ3v) is 3.84. The van der Waals surface area contributed by atoms with E-state index in [0.29, 0.717) is 17.2 Å². The molecule has 0 bridgehead atoms. The Hall–Kier alpha value is -3.47. The fourth-order valence-corrected chi connectivity index (χ4v) is 2.39. The number of para-hydroxylation sites is 1. The molecule has 3 aromatic carbocycles. The Morgan fingerprint density at radius 1 is 0.778 bits per heavy atom. The van der Waals surface area contributed by atoms with Crippen molar-refractivity contribution in [3.63, 3.8) is 0 Å². The molecule has 27 heavy (non-hydrogen) atoms. The van der Waals surface area contributed by atoms with Crippen LogP contribution >= 0.6 is 0 Å². The van der Waals surface area contributed by atoms with Gasteiger partial charge >= 0.3 is 0 Å². The van der Waals surface area contributed by atoms with Crippen molar-refractivity contribution < 1.29 is 19.0 Å². The molecule has 0 aromatic heterocycles. The predicted octanol–water partition coefficient (Wildman–Crippen LogP) is 4.89. The van der Waals surface area contributed by atoms with Crippen molar-refractivity contribution in [2.75, 3.05) is 12.4 Å². The van der Waals surface area contributed by atoms with E-state index >= 15 is 0 Å². The first-order valence-corrected chi connectivity index (χ1v) is 8.58. The number of amides is 1. The minimum Gasteiger partial charge on any atom is -0.497 e. The third kappa shape index (κ3) is 5.25. The summed E-state index contributed by atoms with van der Waals surface area (Å²) < 4.78 is 16.5. The molecule has 0 spiro atoms. The fraction of sp³-hybridized carbons (Fsp3) is 0.136. The van der Waals surface area contributed by atoms with Gasteiger partial charge in [0.25, 0.3) is 5.91 Å². The first kappa shape index (κ1) is 18.3. The van der Waals surface area contributed by atoms with E-state index < -0.39 is 6.10 Å². The standard InChI is InChI=1S/C22H21NO4/c1-16(26-20-14-12-18(25-2)13-15-20)22(24)23-17-8-10-21(11-9-17)27-19-6-4-3-5-7-19/h3-16H,1-2H3,(H,23,24)/t16-/m1/s1. The molecule has 0 aliphatic rings. The van der Waals surface area contributed by atoms with Crippen LogP contribution in [0.5, 0.6) is 23.0 Å². The highest BCUT2D eigenvalue weighted by Gasteiger charge is 2.15. The minimum atomic E-state index is -0.640. The van der Waals surface area contributed by atoms with Crippen LogP contribution < -0.4 is 19.5 Å². The van der Waals surface area contributed by atoms with Crippen LogP contribution in [-0.2, 0) is 4.79 Å². The summed E-state index contributed by atoms with van der Waals surface area (Å²) in [7, 11) is 1.60. The number of anilines is 1. The van der Waals surface area contributed by atoms with E-state index in [-0.39, 0.29) is 5.91 Å². The van der Waals surface area contributed by atoms with E-state index in [9.17, 15) is 4.79 Å². The van der Waals surface area contributed by atoms with Crippen LogP contribution in [0.3, 0.4) is 0 Å². The summed E-state index contributed by atoms with van der Waals surface area (Å²) in [5, 5.41) is 2.83. The summed E-state index contributed by atoms with van der Waals surface area (Å²) in [5.41, 5.74) is 0.672. The number of nitrogens with one attached hydrogen (secondary N) is 1. The van der Waals surface area contributed by atoms with Gasteiger partial charge < -0.3 is 19.5 Å². The van der Waals surface area contributed by atoms with E-state index in [0.717, 1.165) is 11.5 Å². The van der Waals surface area contributed by atoms with Gasteiger partial charge in [0.05, 0.1) is 7.11 Å². The fourth-order valence-electron chi connectivity index (χ4n) is 2.39. The Balaban J connectivity index is 1.54. The van der Waals surface area contributed by atoms with Gasteiger partial charge in [0, 0.05) is 5.69 Å². The number of carbonyl (C=O) groups is 1. The Bertz CT molecular complexity index is 861. The number of hydrogen-bond donors (Lipinski definition) is 1. The monoisotopic (exact) mass is 363 g/mol. The highest BCUT2D eigenvalue weighted by Crippen LogP contribution is 2.23. The van der Waals surface area contributed by atoms with E-state index in [2.05, 4.69) is 5.32 Å². The van der Waals surface area contributed by atoms with Gasteiger partial charge in [-0.05, 0) is 67.6 Å². The first-order valence-electron chi connectivity index (χ1n) is 8.58. The second-order valence-electron chi connectivity index (χ2n) is 5.86. The van der Waals surface area contributed by atoms with E-state index in [1.54, 1.807) is 62.6 Å². The third-order valence-electron chi connectivity index (χ3n) is 3.84. The molecule has 0 saturated heterocycles. The lowest BCUT2D eigenvalue weighted by Crippen LogP contribution is -2.30. The van der Waals surface area contributed by atoms with E-state index in [1.807, 2.05) is 30.3 Å². The maximum atomic E-state index is 12.3. The first-order chi connectivity index (χ1) is 13.1. The molecule has 0 saturated carbocycles. The van der Waals surface area contributed by atoms with Crippen molar-refractivity contribution in [2.24, 2.45) is 0 Å². The molecular formula is C22H21NO4. The molecule has 0 fully saturated rings. The van der Waals surface area contributed by atoms with Gasteiger partial charge in [0.2, 0.25) is 0 Å². The lowest BCUT2D eigenvalue weighted by Gasteiger charge is -2.15. The predicted molar refractivity (Wildman–Crippen MR) is 105 cm³/mol. The van der Waals surface area contributed by atoms with Crippen LogP contribution in [0.15, 0.2) is 78.9 Å². The average Bonchev–Trinajstić information content (AvgIpc) is 2.71. The topological polar surface area (TPSA) is 56.8 Å². The smallest absolute Gasteiger partial charge is 0.265 e. The highest BCUT2D eigenvalue weighted by atomic mass is 16.5. The molecule has 0 aliphatic heterocycles. The van der Waals surface area contributed by atoms with Crippen LogP contribution in [0.1, 0.15) is 6.92 Å². The van der Waals surface area contributed by atoms with Crippen LogP contribution in [0.25, 0.3) is 0 Å². The molecule has 0 unspecified atom stereocenters. The SMILES string of the molecule is COc1ccc(O[C@H](C)C(=O)Nc2ccc(Oc3ccccc3)cc2)cc1. The maximum Gasteiger partial charge on any atom is 0.265 e. The van der Waals surface area contributed by atoms with Crippen molar-refractivity contribution in [3.8, 4) is 23.0 Å². The van der Waals surface area contributed by atoms with Gasteiger partial charge in [0.15, 0.2) is 6.10 Å². The zero-order valence-corrected chi connectivity index (χ0v) is 15.2. The van der Waals surface area contributed by atoms with Crippen molar-refractivity contribution in [1.82, 2.24) is 0 Å². The van der Waals surface area contributed by atoms with Gasteiger partial charge in [-0.15, -0.1) is 0 Å². The van der Waals surface area contributed by atoms with Crippen molar-refractivity contribution in [2.45, 2.75) is 13.0 Å². The minimum absolute atomic E-state index is 0.234. The second-order valence-corrected chi connectivity index (χ2v) is 5.86. The summed E-state index contributed by atoms with van der Waals surface area (Å²) >= 11 is 0. The number of ether oxygens (including phenoxy) is 3. The summed E-state index contributed by atoms with van der Waals surface area (Å²) in [6.07, 6.45) is -0.640. The van der Waals surface area contributed by atoms with Crippen molar-refractivity contribution >= 4 is 11.6 Å². The molecule has 0 aliphatic carbocycles. The summed E-state index contributed by atoms with van der Waals surface area (Å²) in [6.45, 7) is 1.70. The Morgan fingerprint density at radius 3 is 1.96 bits per heavy atom. The molecule has 5 heteroatoms. The second kappa shape index (κ2) is 8.76. The van der Waals surface area contributed by atoms with Crippen LogP contribution in [-0.4, -0.2) is 19.1 Å². The molecule has 0 heterocycles.